The van der Waals surface area contributed by atoms with Crippen molar-refractivity contribution in [2.24, 2.45) is 0 Å². The third-order valence-electron chi connectivity index (χ3n) is 6.75. The highest BCUT2D eigenvalue weighted by molar-refractivity contribution is 7.84. The molecular weight excluding hydrogens is 492 g/mol. The van der Waals surface area contributed by atoms with Gasteiger partial charge in [0.2, 0.25) is 0 Å². The van der Waals surface area contributed by atoms with Crippen LogP contribution in [0.1, 0.15) is 28.8 Å². The Morgan fingerprint density at radius 1 is 1.06 bits per heavy atom. The Morgan fingerprint density at radius 2 is 1.75 bits per heavy atom. The van der Waals surface area contributed by atoms with Gasteiger partial charge in [0.25, 0.3) is 0 Å². The van der Waals surface area contributed by atoms with Crippen LogP contribution in [0.25, 0.3) is 22.3 Å². The number of carbonyl (C=O) groups excluding carboxylic acids is 1. The van der Waals surface area contributed by atoms with Gasteiger partial charge in [-0.1, -0.05) is 42.5 Å². The number of nitrogens with two attached hydrogens (primary N) is 1. The molecule has 3 heterocycles. The molecule has 2 aromatic carbocycles. The number of nitrogens with zero attached hydrogens (tertiary/aromatic N) is 3. The van der Waals surface area contributed by atoms with Crippen molar-refractivity contribution >= 4 is 44.8 Å². The summed E-state index contributed by atoms with van der Waals surface area (Å²) < 4.78 is 27.1. The van der Waals surface area contributed by atoms with Crippen molar-refractivity contribution < 1.29 is 13.2 Å². The molecule has 1 saturated heterocycles. The molecular formula is C27H28N4O3S2. The number of carbonyl (C=O) groups is 1. The molecule has 1 fully saturated rings. The summed E-state index contributed by atoms with van der Waals surface area (Å²) in [5.41, 5.74) is 9.85. The Balaban J connectivity index is 1.49. The highest BCUT2D eigenvalue weighted by atomic mass is 32.2. The van der Waals surface area contributed by atoms with Crippen LogP contribution in [0.15, 0.2) is 71.8 Å². The van der Waals surface area contributed by atoms with Gasteiger partial charge in [-0.25, -0.2) is 13.2 Å². The second-order valence-corrected chi connectivity index (χ2v) is 12.0. The van der Waals surface area contributed by atoms with Crippen LogP contribution in [-0.2, 0) is 28.3 Å². The van der Waals surface area contributed by atoms with Crippen LogP contribution in [0.5, 0.6) is 0 Å². The minimum Gasteiger partial charge on any atom is -0.397 e. The average Bonchev–Trinajstić information content (AvgIpc) is 3.29. The van der Waals surface area contributed by atoms with Crippen LogP contribution in [-0.4, -0.2) is 53.2 Å². The predicted molar refractivity (Wildman–Crippen MR) is 146 cm³/mol. The summed E-state index contributed by atoms with van der Waals surface area (Å²) in [7, 11) is -2.33. The maximum atomic E-state index is 13.7. The number of hydrogen-bond donors (Lipinski definition) is 1. The summed E-state index contributed by atoms with van der Waals surface area (Å²) in [5, 5.41) is 0.875. The minimum atomic E-state index is -1.57. The molecule has 0 spiro atoms. The zero-order valence-electron chi connectivity index (χ0n) is 20.0. The van der Waals surface area contributed by atoms with Crippen LogP contribution >= 0.6 is 0 Å². The van der Waals surface area contributed by atoms with Crippen molar-refractivity contribution in [1.82, 2.24) is 13.9 Å². The molecule has 0 radical (unpaired) electrons. The summed E-state index contributed by atoms with van der Waals surface area (Å²) in [6.07, 6.45) is 5.88. The molecule has 5 rings (SSSR count). The van der Waals surface area contributed by atoms with Crippen molar-refractivity contribution in [3.8, 4) is 11.3 Å². The zero-order chi connectivity index (χ0) is 25.2. The lowest BCUT2D eigenvalue weighted by Crippen LogP contribution is -2.36. The smallest absolute Gasteiger partial charge is 0.158 e. The lowest BCUT2D eigenvalue weighted by atomic mass is 10.1. The van der Waals surface area contributed by atoms with E-state index in [9.17, 15) is 13.2 Å². The Kier molecular flexibility index (Phi) is 7.13. The summed E-state index contributed by atoms with van der Waals surface area (Å²) in [4.78, 5) is 19.3. The first kappa shape index (κ1) is 24.5. The fourth-order valence-corrected chi connectivity index (χ4v) is 6.85. The highest BCUT2D eigenvalue weighted by Crippen LogP contribution is 2.33. The molecule has 4 aromatic rings. The third kappa shape index (κ3) is 4.78. The lowest BCUT2D eigenvalue weighted by Gasteiger charge is -2.30. The Hall–Kier alpha value is -3.14. The lowest BCUT2D eigenvalue weighted by molar-refractivity contribution is 0.112. The number of hydrogen-bond acceptors (Lipinski definition) is 6. The van der Waals surface area contributed by atoms with E-state index in [0.717, 1.165) is 44.3 Å². The Morgan fingerprint density at radius 3 is 2.39 bits per heavy atom. The average molecular weight is 521 g/mol. The monoisotopic (exact) mass is 520 g/mol. The number of aromatic nitrogens is 2. The van der Waals surface area contributed by atoms with Crippen LogP contribution in [0.4, 0.5) is 5.69 Å². The third-order valence-corrected chi connectivity index (χ3v) is 9.54. The summed E-state index contributed by atoms with van der Waals surface area (Å²) >= 11 is 0. The molecule has 9 heteroatoms. The van der Waals surface area contributed by atoms with Crippen LogP contribution < -0.4 is 5.73 Å². The number of piperidine rings is 1. The standard InChI is InChI=1S/C27H28N4O3S2/c1-35(33)21-11-13-30(14-12-21)17-19-7-9-20(10-8-19)26-15-23-24(18-32)25(28)16-29-27(23)31(26)36(34)22-5-3-2-4-6-22/h2-10,15-16,18,21H,11-14,17,28H2,1H3. The van der Waals surface area contributed by atoms with Crippen LogP contribution in [0, 0.1) is 0 Å². The fraction of sp³-hybridized carbons (Fsp3) is 0.259. The molecule has 0 saturated carbocycles. The molecule has 2 aromatic heterocycles. The largest absolute Gasteiger partial charge is 0.397 e. The number of fused-ring (bicyclic) bond motifs is 1. The maximum Gasteiger partial charge on any atom is 0.158 e. The van der Waals surface area contributed by atoms with E-state index >= 15 is 0 Å². The van der Waals surface area contributed by atoms with Gasteiger partial charge in [0.05, 0.1) is 22.5 Å². The van der Waals surface area contributed by atoms with Crippen molar-refractivity contribution in [2.75, 3.05) is 25.1 Å². The van der Waals surface area contributed by atoms with E-state index in [0.29, 0.717) is 32.4 Å². The van der Waals surface area contributed by atoms with Crippen molar-refractivity contribution in [1.29, 1.82) is 0 Å². The molecule has 0 bridgehead atoms. The molecule has 1 aliphatic heterocycles. The van der Waals surface area contributed by atoms with Crippen LogP contribution in [0.2, 0.25) is 0 Å². The summed E-state index contributed by atoms with van der Waals surface area (Å²) in [5.74, 6) is 0. The van der Waals surface area contributed by atoms with Gasteiger partial charge < -0.3 is 5.73 Å². The maximum absolute atomic E-state index is 13.7. The number of anilines is 1. The van der Waals surface area contributed by atoms with E-state index in [1.165, 1.54) is 11.8 Å². The first-order valence-electron chi connectivity index (χ1n) is 11.8. The SMILES string of the molecule is CS(=O)C1CCN(Cc2ccc(-c3cc4c(C=O)c(N)cnc4n3S(=O)c3ccccc3)cc2)CC1. The van der Waals surface area contributed by atoms with Gasteiger partial charge in [-0.2, -0.15) is 0 Å². The van der Waals surface area contributed by atoms with Gasteiger partial charge in [-0.3, -0.25) is 13.9 Å². The molecule has 2 atom stereocenters. The second kappa shape index (κ2) is 10.5. The van der Waals surface area contributed by atoms with E-state index in [1.54, 1.807) is 10.2 Å². The van der Waals surface area contributed by atoms with Gasteiger partial charge in [0, 0.05) is 39.8 Å². The van der Waals surface area contributed by atoms with Crippen molar-refractivity contribution in [3.05, 3.63) is 78.0 Å². The molecule has 1 aliphatic rings. The summed E-state index contributed by atoms with van der Waals surface area (Å²) in [6.45, 7) is 2.71. The predicted octanol–water partition coefficient (Wildman–Crippen LogP) is 4.01. The molecule has 0 aliphatic carbocycles. The Labute approximate surface area is 215 Å². The van der Waals surface area contributed by atoms with Crippen molar-refractivity contribution in [3.63, 3.8) is 0 Å². The fourth-order valence-electron chi connectivity index (χ4n) is 4.74. The second-order valence-electron chi connectivity index (χ2n) is 9.04. The zero-order valence-corrected chi connectivity index (χ0v) is 21.6. The van der Waals surface area contributed by atoms with Gasteiger partial charge in [-0.05, 0) is 55.3 Å². The topological polar surface area (TPSA) is 98.3 Å². The number of benzene rings is 2. The van der Waals surface area contributed by atoms with Gasteiger partial charge >= 0.3 is 0 Å². The molecule has 0 amide bonds. The van der Waals surface area contributed by atoms with E-state index in [4.69, 9.17) is 5.73 Å². The molecule has 7 nitrogen and oxygen atoms in total. The minimum absolute atomic E-state index is 0.290. The van der Waals surface area contributed by atoms with Gasteiger partial charge in [0.1, 0.15) is 0 Å². The van der Waals surface area contributed by atoms with Crippen LogP contribution in [0.3, 0.4) is 0 Å². The van der Waals surface area contributed by atoms with E-state index in [-0.39, 0.29) is 5.69 Å². The van der Waals surface area contributed by atoms with Gasteiger partial charge in [0.15, 0.2) is 22.9 Å². The summed E-state index contributed by atoms with van der Waals surface area (Å²) in [6, 6.07) is 19.2. The number of aldehydes is 1. The Bertz CT molecular complexity index is 1440. The van der Waals surface area contributed by atoms with Gasteiger partial charge in [-0.15, -0.1) is 0 Å². The quantitative estimate of drug-likeness (QED) is 0.370. The van der Waals surface area contributed by atoms with E-state index in [2.05, 4.69) is 22.0 Å². The number of pyridine rings is 1. The molecule has 36 heavy (non-hydrogen) atoms. The normalized spacial score (nSPS) is 16.7. The first-order valence-corrected chi connectivity index (χ1v) is 14.6. The molecule has 2 unspecified atom stereocenters. The first-order chi connectivity index (χ1) is 17.5. The number of likely N-dealkylation sites (tertiary alicyclic amines) is 1. The molecule has 186 valence electrons. The molecule has 2 N–H and O–H groups in total. The van der Waals surface area contributed by atoms with E-state index < -0.39 is 21.8 Å². The highest BCUT2D eigenvalue weighted by Gasteiger charge is 2.23. The van der Waals surface area contributed by atoms with E-state index in [1.807, 2.05) is 48.5 Å². The number of nitrogen functional groups attached to an aromatic ring is 1. The van der Waals surface area contributed by atoms with Crippen molar-refractivity contribution in [2.45, 2.75) is 29.5 Å². The number of rotatable bonds is 7.